The third kappa shape index (κ3) is 5.49. The first-order valence-electron chi connectivity index (χ1n) is 11.3. The molecule has 0 aliphatic heterocycles. The van der Waals surface area contributed by atoms with Crippen molar-refractivity contribution in [3.05, 3.63) is 71.5 Å². The summed E-state index contributed by atoms with van der Waals surface area (Å²) in [4.78, 5) is 15.0. The van der Waals surface area contributed by atoms with Gasteiger partial charge in [0.05, 0.1) is 24.6 Å². The zero-order valence-corrected chi connectivity index (χ0v) is 20.3. The normalized spacial score (nSPS) is 11.4. The molecule has 3 N–H and O–H groups in total. The van der Waals surface area contributed by atoms with Crippen LogP contribution in [0.4, 0.5) is 11.5 Å². The molecule has 0 saturated carbocycles. The second-order valence-electron chi connectivity index (χ2n) is 7.97. The van der Waals surface area contributed by atoms with Gasteiger partial charge in [0.1, 0.15) is 5.75 Å². The molecule has 2 aromatic heterocycles. The van der Waals surface area contributed by atoms with E-state index in [0.29, 0.717) is 18.0 Å². The minimum atomic E-state index is -0.532. The number of amides is 1. The van der Waals surface area contributed by atoms with Gasteiger partial charge in [-0.2, -0.15) is 9.78 Å². The highest BCUT2D eigenvalue weighted by Crippen LogP contribution is 2.20. The van der Waals surface area contributed by atoms with Gasteiger partial charge in [0, 0.05) is 12.7 Å². The van der Waals surface area contributed by atoms with Crippen LogP contribution < -0.4 is 20.8 Å². The Kier molecular flexibility index (Phi) is 7.54. The Morgan fingerprint density at radius 2 is 1.92 bits per heavy atom. The molecule has 0 spiro atoms. The molecular formula is C24H27N9O3. The van der Waals surface area contributed by atoms with Gasteiger partial charge in [0.15, 0.2) is 5.69 Å². The first kappa shape index (κ1) is 24.4. The highest BCUT2D eigenvalue weighted by Gasteiger charge is 2.25. The molecule has 0 atom stereocenters. The second-order valence-corrected chi connectivity index (χ2v) is 7.97. The van der Waals surface area contributed by atoms with Crippen molar-refractivity contribution in [3.63, 3.8) is 0 Å². The van der Waals surface area contributed by atoms with Crippen LogP contribution in [0.3, 0.4) is 0 Å². The van der Waals surface area contributed by atoms with E-state index in [-0.39, 0.29) is 23.9 Å². The van der Waals surface area contributed by atoms with Crippen LogP contribution in [0, 0.1) is 0 Å². The maximum absolute atomic E-state index is 13.1. The van der Waals surface area contributed by atoms with E-state index in [1.165, 1.54) is 4.68 Å². The van der Waals surface area contributed by atoms with Crippen LogP contribution in [0.2, 0.25) is 0 Å². The average Bonchev–Trinajstić information content (AvgIpc) is 3.52. The largest absolute Gasteiger partial charge is 0.494 e. The minimum absolute atomic E-state index is 0.0238. The standard InChI is InChI=1S/C24H27N9O3/c1-4-14-35-19-12-10-17(11-13-19)16(2)26-28-24(34)21-20(15-32(3)18-8-6-5-7-9-18)33(31-27-21)23-22(25)29-36-30-23/h5-13H,4,14-15H2,1-3H3,(H2,25,29)(H,28,34). The fourth-order valence-corrected chi connectivity index (χ4v) is 3.39. The van der Waals surface area contributed by atoms with Crippen molar-refractivity contribution in [3.8, 4) is 11.6 Å². The molecular weight excluding hydrogens is 462 g/mol. The fourth-order valence-electron chi connectivity index (χ4n) is 3.39. The molecule has 4 aromatic rings. The van der Waals surface area contributed by atoms with Crippen molar-refractivity contribution in [2.45, 2.75) is 26.8 Å². The monoisotopic (exact) mass is 489 g/mol. The number of anilines is 2. The molecule has 12 nitrogen and oxygen atoms in total. The Bertz CT molecular complexity index is 1330. The molecule has 0 saturated heterocycles. The number of hydrogen-bond donors (Lipinski definition) is 2. The summed E-state index contributed by atoms with van der Waals surface area (Å²) in [5, 5.41) is 19.8. The SMILES string of the molecule is CCCOc1ccc(C(C)=NNC(=O)c2nnn(-c3nonc3N)c2CN(C)c2ccccc2)cc1. The van der Waals surface area contributed by atoms with Gasteiger partial charge in [-0.3, -0.25) is 4.79 Å². The summed E-state index contributed by atoms with van der Waals surface area (Å²) >= 11 is 0. The van der Waals surface area contributed by atoms with Crippen LogP contribution in [-0.2, 0) is 6.54 Å². The summed E-state index contributed by atoms with van der Waals surface area (Å²) in [6, 6.07) is 17.2. The third-order valence-electron chi connectivity index (χ3n) is 5.33. The summed E-state index contributed by atoms with van der Waals surface area (Å²) in [5.74, 6) is 0.414. The Balaban J connectivity index is 1.56. The number of carbonyl (C=O) groups is 1. The van der Waals surface area contributed by atoms with Crippen LogP contribution in [0.5, 0.6) is 5.75 Å². The quantitative estimate of drug-likeness (QED) is 0.253. The van der Waals surface area contributed by atoms with Gasteiger partial charge in [-0.05, 0) is 65.6 Å². The number of para-hydroxylation sites is 1. The third-order valence-corrected chi connectivity index (χ3v) is 5.33. The second kappa shape index (κ2) is 11.1. The number of carbonyl (C=O) groups excluding carboxylic acids is 1. The van der Waals surface area contributed by atoms with Crippen LogP contribution in [0.15, 0.2) is 64.3 Å². The molecule has 186 valence electrons. The smallest absolute Gasteiger partial charge is 0.293 e. The first-order valence-corrected chi connectivity index (χ1v) is 11.3. The number of nitrogens with zero attached hydrogens (tertiary/aromatic N) is 7. The van der Waals surface area contributed by atoms with E-state index in [9.17, 15) is 4.79 Å². The van der Waals surface area contributed by atoms with E-state index >= 15 is 0 Å². The Morgan fingerprint density at radius 1 is 1.17 bits per heavy atom. The maximum atomic E-state index is 13.1. The molecule has 0 aliphatic carbocycles. The van der Waals surface area contributed by atoms with E-state index < -0.39 is 5.91 Å². The number of aromatic nitrogens is 5. The molecule has 1 amide bonds. The molecule has 2 heterocycles. The molecule has 36 heavy (non-hydrogen) atoms. The van der Waals surface area contributed by atoms with Crippen LogP contribution in [-0.4, -0.2) is 50.6 Å². The summed E-state index contributed by atoms with van der Waals surface area (Å²) in [5.41, 5.74) is 11.3. The molecule has 0 bridgehead atoms. The van der Waals surface area contributed by atoms with Crippen molar-refractivity contribution in [1.82, 2.24) is 30.7 Å². The molecule has 2 aromatic carbocycles. The minimum Gasteiger partial charge on any atom is -0.494 e. The van der Waals surface area contributed by atoms with E-state index in [2.05, 4.69) is 38.1 Å². The highest BCUT2D eigenvalue weighted by molar-refractivity contribution is 6.00. The predicted octanol–water partition coefficient (Wildman–Crippen LogP) is 2.81. The van der Waals surface area contributed by atoms with Gasteiger partial charge in [-0.1, -0.05) is 30.3 Å². The van der Waals surface area contributed by atoms with Gasteiger partial charge in [-0.25, -0.2) is 10.1 Å². The summed E-state index contributed by atoms with van der Waals surface area (Å²) in [6.07, 6.45) is 0.932. The summed E-state index contributed by atoms with van der Waals surface area (Å²) in [7, 11) is 1.88. The fraction of sp³-hybridized carbons (Fsp3) is 0.250. The zero-order valence-electron chi connectivity index (χ0n) is 20.3. The molecule has 0 aliphatic rings. The van der Waals surface area contributed by atoms with Crippen molar-refractivity contribution < 1.29 is 14.2 Å². The number of nitrogen functional groups attached to an aromatic ring is 1. The topological polar surface area (TPSA) is 150 Å². The number of hydrazone groups is 1. The van der Waals surface area contributed by atoms with Crippen molar-refractivity contribution in [2.24, 2.45) is 5.10 Å². The lowest BCUT2D eigenvalue weighted by molar-refractivity contribution is 0.0948. The van der Waals surface area contributed by atoms with Crippen molar-refractivity contribution >= 4 is 23.1 Å². The maximum Gasteiger partial charge on any atom is 0.293 e. The summed E-state index contributed by atoms with van der Waals surface area (Å²) < 4.78 is 11.7. The van der Waals surface area contributed by atoms with Gasteiger partial charge in [-0.15, -0.1) is 5.10 Å². The molecule has 12 heteroatoms. The van der Waals surface area contributed by atoms with E-state index in [4.69, 9.17) is 15.1 Å². The lowest BCUT2D eigenvalue weighted by atomic mass is 10.1. The predicted molar refractivity (Wildman–Crippen MR) is 134 cm³/mol. The van der Waals surface area contributed by atoms with Gasteiger partial charge in [0.25, 0.3) is 5.91 Å². The highest BCUT2D eigenvalue weighted by atomic mass is 16.6. The van der Waals surface area contributed by atoms with Gasteiger partial charge < -0.3 is 15.4 Å². The lowest BCUT2D eigenvalue weighted by Crippen LogP contribution is -2.25. The number of nitrogens with one attached hydrogen (secondary N) is 1. The van der Waals surface area contributed by atoms with Crippen molar-refractivity contribution in [2.75, 3.05) is 24.3 Å². The molecule has 0 fully saturated rings. The van der Waals surface area contributed by atoms with E-state index in [1.54, 1.807) is 6.92 Å². The molecule has 0 unspecified atom stereocenters. The first-order chi connectivity index (χ1) is 17.5. The van der Waals surface area contributed by atoms with Crippen LogP contribution in [0.1, 0.15) is 42.0 Å². The summed E-state index contributed by atoms with van der Waals surface area (Å²) in [6.45, 7) is 4.77. The molecule has 0 radical (unpaired) electrons. The number of ether oxygens (including phenoxy) is 1. The number of hydrogen-bond acceptors (Lipinski definition) is 10. The van der Waals surface area contributed by atoms with E-state index in [1.807, 2.05) is 66.5 Å². The van der Waals surface area contributed by atoms with Crippen molar-refractivity contribution in [1.29, 1.82) is 0 Å². The molecule has 4 rings (SSSR count). The average molecular weight is 490 g/mol. The van der Waals surface area contributed by atoms with Gasteiger partial charge >= 0.3 is 0 Å². The number of rotatable bonds is 10. The van der Waals surface area contributed by atoms with Crippen LogP contribution >= 0.6 is 0 Å². The van der Waals surface area contributed by atoms with E-state index in [0.717, 1.165) is 23.4 Å². The van der Waals surface area contributed by atoms with Gasteiger partial charge in [0.2, 0.25) is 11.6 Å². The Morgan fingerprint density at radius 3 is 2.58 bits per heavy atom. The number of benzene rings is 2. The Labute approximate surface area is 207 Å². The lowest BCUT2D eigenvalue weighted by Gasteiger charge is -2.19. The zero-order chi connectivity index (χ0) is 25.5. The number of nitrogens with two attached hydrogens (primary N) is 1. The van der Waals surface area contributed by atoms with Crippen LogP contribution in [0.25, 0.3) is 5.82 Å². The Hall–Kier alpha value is -4.74.